The largest absolute Gasteiger partial charge is 0.490 e. The number of rotatable bonds is 7. The maximum absolute atomic E-state index is 13.0. The van der Waals surface area contributed by atoms with Gasteiger partial charge in [0.25, 0.3) is 5.91 Å². The van der Waals surface area contributed by atoms with Crippen LogP contribution in [0.4, 0.5) is 0 Å². The summed E-state index contributed by atoms with van der Waals surface area (Å²) in [5, 5.41) is 0. The summed E-state index contributed by atoms with van der Waals surface area (Å²) in [5.41, 5.74) is 0.765. The van der Waals surface area contributed by atoms with Gasteiger partial charge in [-0.1, -0.05) is 19.1 Å². The van der Waals surface area contributed by atoms with E-state index in [2.05, 4.69) is 16.4 Å². The van der Waals surface area contributed by atoms with Gasteiger partial charge in [-0.05, 0) is 75.9 Å². The van der Waals surface area contributed by atoms with E-state index in [-0.39, 0.29) is 5.91 Å². The van der Waals surface area contributed by atoms with Crippen LogP contribution < -0.4 is 4.74 Å². The molecule has 1 atom stereocenters. The molecule has 2 aliphatic rings. The first-order chi connectivity index (χ1) is 12.8. The third-order valence-corrected chi connectivity index (χ3v) is 5.58. The van der Waals surface area contributed by atoms with Crippen molar-refractivity contribution in [1.29, 1.82) is 0 Å². The number of hydrogen-bond acceptors (Lipinski definition) is 3. The summed E-state index contributed by atoms with van der Waals surface area (Å²) in [7, 11) is 0. The predicted molar refractivity (Wildman–Crippen MR) is 106 cm³/mol. The fraction of sp³-hybridized carbons (Fsp3) is 0.591. The Bertz CT molecular complexity index is 578. The topological polar surface area (TPSA) is 32.8 Å². The Balaban J connectivity index is 1.58. The van der Waals surface area contributed by atoms with E-state index < -0.39 is 0 Å². The van der Waals surface area contributed by atoms with Crippen LogP contribution in [0.2, 0.25) is 0 Å². The zero-order valence-corrected chi connectivity index (χ0v) is 15.9. The van der Waals surface area contributed by atoms with Crippen LogP contribution in [0, 0.1) is 0 Å². The summed E-state index contributed by atoms with van der Waals surface area (Å²) in [4.78, 5) is 17.7. The van der Waals surface area contributed by atoms with Crippen molar-refractivity contribution < 1.29 is 9.53 Å². The fourth-order valence-electron chi connectivity index (χ4n) is 4.10. The second-order valence-corrected chi connectivity index (χ2v) is 7.46. The van der Waals surface area contributed by atoms with Crippen LogP contribution in [-0.4, -0.2) is 54.5 Å². The number of piperidine rings is 2. The monoisotopic (exact) mass is 356 g/mol. The van der Waals surface area contributed by atoms with Gasteiger partial charge in [0.05, 0.1) is 0 Å². The van der Waals surface area contributed by atoms with Crippen LogP contribution in [-0.2, 0) is 0 Å². The first kappa shape index (κ1) is 19.0. The quantitative estimate of drug-likeness (QED) is 0.689. The Morgan fingerprint density at radius 3 is 2.54 bits per heavy atom. The van der Waals surface area contributed by atoms with Crippen LogP contribution in [0.1, 0.15) is 55.3 Å². The minimum atomic E-state index is 0.170. The summed E-state index contributed by atoms with van der Waals surface area (Å²) in [6.45, 7) is 8.61. The van der Waals surface area contributed by atoms with Gasteiger partial charge < -0.3 is 14.5 Å². The van der Waals surface area contributed by atoms with Gasteiger partial charge >= 0.3 is 0 Å². The van der Waals surface area contributed by atoms with Crippen molar-refractivity contribution in [3.8, 4) is 5.75 Å². The highest BCUT2D eigenvalue weighted by Gasteiger charge is 2.27. The van der Waals surface area contributed by atoms with Crippen molar-refractivity contribution in [3.63, 3.8) is 0 Å². The molecular formula is C22H32N2O2. The third-order valence-electron chi connectivity index (χ3n) is 5.58. The second kappa shape index (κ2) is 9.77. The molecule has 0 aromatic heterocycles. The van der Waals surface area contributed by atoms with E-state index in [0.717, 1.165) is 43.7 Å². The minimum Gasteiger partial charge on any atom is -0.490 e. The number of hydrogen-bond donors (Lipinski definition) is 0. The van der Waals surface area contributed by atoms with Crippen molar-refractivity contribution in [2.45, 2.75) is 51.0 Å². The SMILES string of the molecule is C=CCOc1ccc(C(=O)N2CCCC[C@@H]2CCN2CCCCC2)cc1. The number of carbonyl (C=O) groups excluding carboxylic acids is 1. The molecule has 2 heterocycles. The summed E-state index contributed by atoms with van der Waals surface area (Å²) in [6.07, 6.45) is 10.3. The molecule has 3 rings (SSSR count). The Labute approximate surface area is 157 Å². The number of amides is 1. The van der Waals surface area contributed by atoms with Gasteiger partial charge in [-0.2, -0.15) is 0 Å². The van der Waals surface area contributed by atoms with Crippen molar-refractivity contribution in [2.24, 2.45) is 0 Å². The highest BCUT2D eigenvalue weighted by atomic mass is 16.5. The Kier molecular flexibility index (Phi) is 7.13. The molecule has 1 aromatic rings. The second-order valence-electron chi connectivity index (χ2n) is 7.46. The van der Waals surface area contributed by atoms with E-state index in [1.165, 1.54) is 38.8 Å². The lowest BCUT2D eigenvalue weighted by molar-refractivity contribution is 0.0579. The summed E-state index contributed by atoms with van der Waals surface area (Å²) in [5.74, 6) is 0.949. The van der Waals surface area contributed by atoms with Crippen LogP contribution in [0.5, 0.6) is 5.75 Å². The van der Waals surface area contributed by atoms with E-state index >= 15 is 0 Å². The molecule has 0 N–H and O–H groups in total. The molecule has 0 saturated carbocycles. The van der Waals surface area contributed by atoms with Crippen molar-refractivity contribution in [1.82, 2.24) is 9.80 Å². The van der Waals surface area contributed by atoms with Crippen molar-refractivity contribution in [2.75, 3.05) is 32.8 Å². The smallest absolute Gasteiger partial charge is 0.254 e. The molecule has 0 radical (unpaired) electrons. The summed E-state index contributed by atoms with van der Waals surface area (Å²) in [6, 6.07) is 7.91. The molecule has 2 aliphatic heterocycles. The van der Waals surface area contributed by atoms with Gasteiger partial charge in [0.1, 0.15) is 12.4 Å². The molecule has 0 aliphatic carbocycles. The molecule has 2 saturated heterocycles. The summed E-state index contributed by atoms with van der Waals surface area (Å²) >= 11 is 0. The number of likely N-dealkylation sites (tertiary alicyclic amines) is 2. The highest BCUT2D eigenvalue weighted by Crippen LogP contribution is 2.24. The zero-order valence-electron chi connectivity index (χ0n) is 15.9. The van der Waals surface area contributed by atoms with Crippen molar-refractivity contribution in [3.05, 3.63) is 42.5 Å². The van der Waals surface area contributed by atoms with Gasteiger partial charge in [0.2, 0.25) is 0 Å². The molecule has 2 fully saturated rings. The lowest BCUT2D eigenvalue weighted by atomic mass is 9.97. The zero-order chi connectivity index (χ0) is 18.2. The first-order valence-electron chi connectivity index (χ1n) is 10.1. The maximum atomic E-state index is 13.0. The molecular weight excluding hydrogens is 324 g/mol. The van der Waals surface area contributed by atoms with Crippen LogP contribution >= 0.6 is 0 Å². The predicted octanol–water partition coefficient (Wildman–Crippen LogP) is 4.12. The van der Waals surface area contributed by atoms with E-state index in [9.17, 15) is 4.79 Å². The molecule has 4 heteroatoms. The lowest BCUT2D eigenvalue weighted by Gasteiger charge is -2.37. The van der Waals surface area contributed by atoms with Gasteiger partial charge in [0.15, 0.2) is 0 Å². The molecule has 0 spiro atoms. The van der Waals surface area contributed by atoms with Gasteiger partial charge in [-0.3, -0.25) is 4.79 Å². The van der Waals surface area contributed by atoms with Crippen LogP contribution in [0.15, 0.2) is 36.9 Å². The molecule has 142 valence electrons. The molecule has 4 nitrogen and oxygen atoms in total. The van der Waals surface area contributed by atoms with Crippen molar-refractivity contribution >= 4 is 5.91 Å². The molecule has 0 unspecified atom stereocenters. The Morgan fingerprint density at radius 2 is 1.81 bits per heavy atom. The van der Waals surface area contributed by atoms with Crippen LogP contribution in [0.3, 0.4) is 0 Å². The Morgan fingerprint density at radius 1 is 1.08 bits per heavy atom. The normalized spacial score (nSPS) is 21.4. The number of benzene rings is 1. The van der Waals surface area contributed by atoms with Crippen LogP contribution in [0.25, 0.3) is 0 Å². The minimum absolute atomic E-state index is 0.170. The van der Waals surface area contributed by atoms with Gasteiger partial charge in [-0.25, -0.2) is 0 Å². The number of carbonyl (C=O) groups is 1. The molecule has 26 heavy (non-hydrogen) atoms. The standard InChI is InChI=1S/C22H32N2O2/c1-2-18-26-21-11-9-19(10-12-21)22(25)24-16-7-4-8-20(24)13-17-23-14-5-3-6-15-23/h2,9-12,20H,1,3-8,13-18H2/t20-/m1/s1. The number of nitrogens with zero attached hydrogens (tertiary/aromatic N) is 2. The molecule has 1 aromatic carbocycles. The average Bonchev–Trinajstić information content (AvgIpc) is 2.71. The fourth-order valence-corrected chi connectivity index (χ4v) is 4.10. The van der Waals surface area contributed by atoms with E-state index in [0.29, 0.717) is 12.6 Å². The summed E-state index contributed by atoms with van der Waals surface area (Å²) < 4.78 is 5.51. The van der Waals surface area contributed by atoms with Gasteiger partial charge in [-0.15, -0.1) is 0 Å². The highest BCUT2D eigenvalue weighted by molar-refractivity contribution is 5.94. The average molecular weight is 357 g/mol. The lowest BCUT2D eigenvalue weighted by Crippen LogP contribution is -2.45. The molecule has 1 amide bonds. The maximum Gasteiger partial charge on any atom is 0.254 e. The van der Waals surface area contributed by atoms with Gasteiger partial charge in [0, 0.05) is 24.7 Å². The third kappa shape index (κ3) is 5.10. The van der Waals surface area contributed by atoms with E-state index in [1.54, 1.807) is 6.08 Å². The van der Waals surface area contributed by atoms with E-state index in [1.807, 2.05) is 24.3 Å². The Hall–Kier alpha value is -1.81. The molecule has 0 bridgehead atoms. The number of ether oxygens (including phenoxy) is 1. The van der Waals surface area contributed by atoms with E-state index in [4.69, 9.17) is 4.74 Å². The first-order valence-corrected chi connectivity index (χ1v) is 10.1.